The van der Waals surface area contributed by atoms with Gasteiger partial charge in [0.25, 0.3) is 5.91 Å². The minimum absolute atomic E-state index is 0.131. The van der Waals surface area contributed by atoms with Crippen LogP contribution in [0.15, 0.2) is 6.07 Å². The maximum absolute atomic E-state index is 12.4. The highest BCUT2D eigenvalue weighted by atomic mass is 32.1. The molecule has 0 aliphatic rings. The van der Waals surface area contributed by atoms with Crippen molar-refractivity contribution in [1.29, 1.82) is 0 Å². The van der Waals surface area contributed by atoms with E-state index in [0.717, 1.165) is 40.4 Å². The van der Waals surface area contributed by atoms with Gasteiger partial charge in [0.2, 0.25) is 0 Å². The van der Waals surface area contributed by atoms with E-state index < -0.39 is 0 Å². The maximum atomic E-state index is 12.4. The van der Waals surface area contributed by atoms with Crippen LogP contribution in [0.4, 0.5) is 0 Å². The number of carbonyl (C=O) groups excluding carboxylic acids is 1. The van der Waals surface area contributed by atoms with Crippen LogP contribution < -0.4 is 0 Å². The summed E-state index contributed by atoms with van der Waals surface area (Å²) in [5, 5.41) is 5.69. The van der Waals surface area contributed by atoms with Crippen LogP contribution in [0.25, 0.3) is 10.2 Å². The monoisotopic (exact) mass is 293 g/mol. The van der Waals surface area contributed by atoms with Crippen molar-refractivity contribution in [3.8, 4) is 0 Å². The highest BCUT2D eigenvalue weighted by molar-refractivity contribution is 7.20. The smallest absolute Gasteiger partial charge is 0.264 e. The van der Waals surface area contributed by atoms with Gasteiger partial charge in [-0.1, -0.05) is 13.8 Å². The summed E-state index contributed by atoms with van der Waals surface area (Å²) in [6.45, 7) is 12.8. The number of carbonyl (C=O) groups is 1. The van der Waals surface area contributed by atoms with Gasteiger partial charge < -0.3 is 4.90 Å². The van der Waals surface area contributed by atoms with Crippen LogP contribution in [0.5, 0.6) is 0 Å². The van der Waals surface area contributed by atoms with Crippen LogP contribution in [0, 0.1) is 12.8 Å². The molecular weight excluding hydrogens is 270 g/mol. The van der Waals surface area contributed by atoms with Crippen LogP contribution >= 0.6 is 11.3 Å². The molecule has 5 heteroatoms. The zero-order valence-corrected chi connectivity index (χ0v) is 13.8. The number of thiophene rings is 1. The van der Waals surface area contributed by atoms with E-state index in [2.05, 4.69) is 18.9 Å². The Bertz CT molecular complexity index is 608. The lowest BCUT2D eigenvalue weighted by molar-refractivity contribution is 0.0778. The first-order valence-electron chi connectivity index (χ1n) is 7.24. The van der Waals surface area contributed by atoms with Crippen molar-refractivity contribution in [2.24, 2.45) is 5.92 Å². The van der Waals surface area contributed by atoms with Gasteiger partial charge in [-0.15, -0.1) is 11.3 Å². The Labute approximate surface area is 124 Å². The van der Waals surface area contributed by atoms with Gasteiger partial charge in [0.1, 0.15) is 4.83 Å². The van der Waals surface area contributed by atoms with Crippen molar-refractivity contribution >= 4 is 27.5 Å². The van der Waals surface area contributed by atoms with Crippen LogP contribution in [-0.4, -0.2) is 33.7 Å². The average Bonchev–Trinajstić information content (AvgIpc) is 2.93. The Hall–Kier alpha value is -1.36. The minimum atomic E-state index is 0.131. The van der Waals surface area contributed by atoms with E-state index in [4.69, 9.17) is 0 Å². The van der Waals surface area contributed by atoms with Gasteiger partial charge in [-0.05, 0) is 32.8 Å². The lowest BCUT2D eigenvalue weighted by Crippen LogP contribution is -2.29. The van der Waals surface area contributed by atoms with Crippen LogP contribution in [0.2, 0.25) is 0 Å². The number of hydrogen-bond acceptors (Lipinski definition) is 3. The molecule has 0 aliphatic heterocycles. The van der Waals surface area contributed by atoms with E-state index in [1.807, 2.05) is 36.4 Å². The van der Waals surface area contributed by atoms with Gasteiger partial charge >= 0.3 is 0 Å². The molecule has 0 saturated heterocycles. The number of nitrogens with zero attached hydrogens (tertiary/aromatic N) is 3. The summed E-state index contributed by atoms with van der Waals surface area (Å²) in [5.41, 5.74) is 1.01. The molecule has 0 bridgehead atoms. The fourth-order valence-corrected chi connectivity index (χ4v) is 3.49. The molecule has 0 N–H and O–H groups in total. The standard InChI is InChI=1S/C15H23N3OS/c1-6-17(7-2)14(19)13-8-12-11(5)16-18(9-10(3)4)15(12)20-13/h8,10H,6-7,9H2,1-5H3. The normalized spacial score (nSPS) is 11.5. The molecule has 0 aromatic carbocycles. The molecule has 4 nitrogen and oxygen atoms in total. The molecule has 0 atom stereocenters. The van der Waals surface area contributed by atoms with Crippen molar-refractivity contribution in [1.82, 2.24) is 14.7 Å². The number of rotatable bonds is 5. The quantitative estimate of drug-likeness (QED) is 0.845. The summed E-state index contributed by atoms with van der Waals surface area (Å²) in [6.07, 6.45) is 0. The molecule has 0 fully saturated rings. The Balaban J connectivity index is 2.40. The molecule has 1 amide bonds. The second kappa shape index (κ2) is 5.95. The highest BCUT2D eigenvalue weighted by Gasteiger charge is 2.19. The third-order valence-electron chi connectivity index (χ3n) is 3.41. The average molecular weight is 293 g/mol. The minimum Gasteiger partial charge on any atom is -0.339 e. The van der Waals surface area contributed by atoms with E-state index in [-0.39, 0.29) is 5.91 Å². The highest BCUT2D eigenvalue weighted by Crippen LogP contribution is 2.29. The number of amides is 1. The fourth-order valence-electron chi connectivity index (χ4n) is 2.35. The van der Waals surface area contributed by atoms with E-state index in [9.17, 15) is 4.79 Å². The van der Waals surface area contributed by atoms with E-state index in [0.29, 0.717) is 5.92 Å². The van der Waals surface area contributed by atoms with Gasteiger partial charge in [0.05, 0.1) is 10.6 Å². The largest absolute Gasteiger partial charge is 0.339 e. The van der Waals surface area contributed by atoms with Crippen LogP contribution in [0.3, 0.4) is 0 Å². The van der Waals surface area contributed by atoms with Gasteiger partial charge in [-0.25, -0.2) is 0 Å². The Morgan fingerprint density at radius 2 is 2.05 bits per heavy atom. The summed E-state index contributed by atoms with van der Waals surface area (Å²) in [7, 11) is 0. The second-order valence-electron chi connectivity index (χ2n) is 5.47. The van der Waals surface area contributed by atoms with Crippen molar-refractivity contribution in [2.75, 3.05) is 13.1 Å². The molecule has 2 rings (SSSR count). The Morgan fingerprint density at radius 3 is 2.60 bits per heavy atom. The van der Waals surface area contributed by atoms with Crippen molar-refractivity contribution < 1.29 is 4.79 Å². The molecule has 110 valence electrons. The van der Waals surface area contributed by atoms with Crippen LogP contribution in [0.1, 0.15) is 43.1 Å². The van der Waals surface area contributed by atoms with Gasteiger partial charge in [0.15, 0.2) is 0 Å². The van der Waals surface area contributed by atoms with E-state index in [1.54, 1.807) is 11.3 Å². The summed E-state index contributed by atoms with van der Waals surface area (Å²) in [4.78, 5) is 16.2. The lowest BCUT2D eigenvalue weighted by Gasteiger charge is -2.17. The molecule has 0 saturated carbocycles. The number of aromatic nitrogens is 2. The molecular formula is C15H23N3OS. The van der Waals surface area contributed by atoms with Crippen molar-refractivity contribution in [2.45, 2.75) is 41.2 Å². The van der Waals surface area contributed by atoms with Crippen LogP contribution in [-0.2, 0) is 6.54 Å². The predicted molar refractivity (Wildman–Crippen MR) is 84.4 cm³/mol. The summed E-state index contributed by atoms with van der Waals surface area (Å²) in [6, 6.07) is 2.00. The van der Waals surface area contributed by atoms with E-state index >= 15 is 0 Å². The zero-order chi connectivity index (χ0) is 14.9. The summed E-state index contributed by atoms with van der Waals surface area (Å²) in [5.74, 6) is 0.674. The number of hydrogen-bond donors (Lipinski definition) is 0. The first-order valence-corrected chi connectivity index (χ1v) is 8.05. The number of fused-ring (bicyclic) bond motifs is 1. The molecule has 0 radical (unpaired) electrons. The van der Waals surface area contributed by atoms with Gasteiger partial charge in [-0.2, -0.15) is 5.10 Å². The fraction of sp³-hybridized carbons (Fsp3) is 0.600. The lowest BCUT2D eigenvalue weighted by atomic mass is 10.2. The van der Waals surface area contributed by atoms with Crippen molar-refractivity contribution in [3.05, 3.63) is 16.6 Å². The van der Waals surface area contributed by atoms with E-state index in [1.165, 1.54) is 0 Å². The SMILES string of the molecule is CCN(CC)C(=O)c1cc2c(C)nn(CC(C)C)c2s1. The molecule has 2 heterocycles. The first kappa shape index (κ1) is 15.0. The molecule has 0 aliphatic carbocycles. The Morgan fingerprint density at radius 1 is 1.40 bits per heavy atom. The Kier molecular flexibility index (Phi) is 4.48. The first-order chi connectivity index (χ1) is 9.47. The van der Waals surface area contributed by atoms with Crippen molar-refractivity contribution in [3.63, 3.8) is 0 Å². The predicted octanol–water partition coefficient (Wildman–Crippen LogP) is 3.54. The molecule has 20 heavy (non-hydrogen) atoms. The third kappa shape index (κ3) is 2.73. The maximum Gasteiger partial charge on any atom is 0.264 e. The molecule has 2 aromatic heterocycles. The number of aryl methyl sites for hydroxylation is 1. The topological polar surface area (TPSA) is 38.1 Å². The molecule has 2 aromatic rings. The summed E-state index contributed by atoms with van der Waals surface area (Å²) < 4.78 is 2.04. The van der Waals surface area contributed by atoms with Gasteiger partial charge in [-0.3, -0.25) is 9.48 Å². The van der Waals surface area contributed by atoms with Gasteiger partial charge in [0, 0.05) is 25.0 Å². The summed E-state index contributed by atoms with van der Waals surface area (Å²) >= 11 is 1.56. The molecule has 0 unspecified atom stereocenters. The molecule has 0 spiro atoms. The second-order valence-corrected chi connectivity index (χ2v) is 6.50. The third-order valence-corrected chi connectivity index (χ3v) is 4.54. The zero-order valence-electron chi connectivity index (χ0n) is 12.9.